The molecule has 0 atom stereocenters. The Morgan fingerprint density at radius 3 is 2.44 bits per heavy atom. The van der Waals surface area contributed by atoms with Crippen molar-refractivity contribution in [2.24, 2.45) is 0 Å². The van der Waals surface area contributed by atoms with Gasteiger partial charge in [0.15, 0.2) is 0 Å². The van der Waals surface area contributed by atoms with Crippen LogP contribution < -0.4 is 10.0 Å². The maximum Gasteiger partial charge on any atom is 0.219 e. The maximum atomic E-state index is 11.2. The van der Waals surface area contributed by atoms with E-state index in [1.807, 2.05) is 0 Å². The standard InChI is InChI=1S/C9H19BrN2O3S/c1-16(14,15)12-8-4-7-11-9(13)5-2-3-6-10/h12H,2-8H2,1H3,(H,11,13). The van der Waals surface area contributed by atoms with Crippen LogP contribution >= 0.6 is 15.9 Å². The number of carbonyl (C=O) groups is 1. The highest BCUT2D eigenvalue weighted by Crippen LogP contribution is 1.97. The van der Waals surface area contributed by atoms with Crippen LogP contribution in [0.15, 0.2) is 0 Å². The van der Waals surface area contributed by atoms with E-state index in [1.54, 1.807) is 0 Å². The molecule has 0 aromatic rings. The number of halogens is 1. The van der Waals surface area contributed by atoms with Crippen molar-refractivity contribution < 1.29 is 13.2 Å². The fourth-order valence-electron chi connectivity index (χ4n) is 1.04. The Kier molecular flexibility index (Phi) is 8.87. The summed E-state index contributed by atoms with van der Waals surface area (Å²) in [7, 11) is -3.11. The first-order chi connectivity index (χ1) is 7.45. The molecule has 1 amide bonds. The average molecular weight is 315 g/mol. The van der Waals surface area contributed by atoms with Gasteiger partial charge in [-0.25, -0.2) is 13.1 Å². The highest BCUT2D eigenvalue weighted by atomic mass is 79.9. The van der Waals surface area contributed by atoms with Gasteiger partial charge in [-0.05, 0) is 19.3 Å². The lowest BCUT2D eigenvalue weighted by atomic mass is 10.2. The third-order valence-corrected chi connectivity index (χ3v) is 3.12. The van der Waals surface area contributed by atoms with Crippen LogP contribution in [-0.2, 0) is 14.8 Å². The first-order valence-corrected chi connectivity index (χ1v) is 8.24. The molecule has 0 unspecified atom stereocenters. The number of carbonyl (C=O) groups excluding carboxylic acids is 1. The Labute approximate surface area is 106 Å². The normalized spacial score (nSPS) is 11.4. The van der Waals surface area contributed by atoms with Gasteiger partial charge in [0.1, 0.15) is 0 Å². The Morgan fingerprint density at radius 2 is 1.88 bits per heavy atom. The second-order valence-electron chi connectivity index (χ2n) is 3.52. The molecule has 0 heterocycles. The van der Waals surface area contributed by atoms with Crippen molar-refractivity contribution in [2.45, 2.75) is 25.7 Å². The van der Waals surface area contributed by atoms with Crippen molar-refractivity contribution in [1.29, 1.82) is 0 Å². The molecule has 0 aliphatic heterocycles. The summed E-state index contributed by atoms with van der Waals surface area (Å²) < 4.78 is 23.8. The topological polar surface area (TPSA) is 75.3 Å². The molecule has 0 spiro atoms. The third-order valence-electron chi connectivity index (χ3n) is 1.83. The highest BCUT2D eigenvalue weighted by Gasteiger charge is 2.01. The van der Waals surface area contributed by atoms with Crippen LogP contribution in [-0.4, -0.2) is 39.0 Å². The van der Waals surface area contributed by atoms with Crippen LogP contribution in [0.1, 0.15) is 25.7 Å². The first-order valence-electron chi connectivity index (χ1n) is 5.23. The summed E-state index contributed by atoms with van der Waals surface area (Å²) in [6.45, 7) is 0.871. The molecular weight excluding hydrogens is 296 g/mol. The summed E-state index contributed by atoms with van der Waals surface area (Å²) in [5, 5.41) is 3.65. The van der Waals surface area contributed by atoms with Gasteiger partial charge >= 0.3 is 0 Å². The van der Waals surface area contributed by atoms with Crippen LogP contribution in [0.5, 0.6) is 0 Å². The lowest BCUT2D eigenvalue weighted by Gasteiger charge is -2.05. The predicted octanol–water partition coefficient (Wildman–Crippen LogP) is 0.607. The zero-order valence-electron chi connectivity index (χ0n) is 9.46. The number of amides is 1. The lowest BCUT2D eigenvalue weighted by molar-refractivity contribution is -0.121. The zero-order valence-corrected chi connectivity index (χ0v) is 11.9. The molecule has 0 radical (unpaired) electrons. The van der Waals surface area contributed by atoms with Gasteiger partial charge in [-0.1, -0.05) is 15.9 Å². The van der Waals surface area contributed by atoms with E-state index >= 15 is 0 Å². The van der Waals surface area contributed by atoms with Crippen LogP contribution in [0.25, 0.3) is 0 Å². The average Bonchev–Trinajstić information content (AvgIpc) is 2.16. The molecule has 0 fully saturated rings. The molecule has 0 rings (SSSR count). The van der Waals surface area contributed by atoms with Crippen molar-refractivity contribution in [1.82, 2.24) is 10.0 Å². The van der Waals surface area contributed by atoms with Crippen LogP contribution in [0.2, 0.25) is 0 Å². The Bertz CT molecular complexity index is 293. The first kappa shape index (κ1) is 15.9. The molecule has 0 aromatic carbocycles. The summed E-state index contributed by atoms with van der Waals surface area (Å²) in [4.78, 5) is 11.2. The van der Waals surface area contributed by atoms with Gasteiger partial charge in [0.05, 0.1) is 6.26 Å². The molecule has 2 N–H and O–H groups in total. The molecule has 0 aromatic heterocycles. The van der Waals surface area contributed by atoms with E-state index in [4.69, 9.17) is 0 Å². The van der Waals surface area contributed by atoms with Gasteiger partial charge in [0.25, 0.3) is 0 Å². The van der Waals surface area contributed by atoms with E-state index < -0.39 is 10.0 Å². The van der Waals surface area contributed by atoms with Crippen LogP contribution in [0, 0.1) is 0 Å². The molecule has 96 valence electrons. The second-order valence-corrected chi connectivity index (χ2v) is 6.14. The minimum Gasteiger partial charge on any atom is -0.356 e. The van der Waals surface area contributed by atoms with Crippen molar-refractivity contribution in [3.63, 3.8) is 0 Å². The summed E-state index contributed by atoms with van der Waals surface area (Å²) in [6.07, 6.45) is 4.12. The van der Waals surface area contributed by atoms with Crippen molar-refractivity contribution in [3.05, 3.63) is 0 Å². The fraction of sp³-hybridized carbons (Fsp3) is 0.889. The van der Waals surface area contributed by atoms with Gasteiger partial charge in [-0.3, -0.25) is 4.79 Å². The number of rotatable bonds is 9. The van der Waals surface area contributed by atoms with Gasteiger partial charge in [0, 0.05) is 24.8 Å². The summed E-state index contributed by atoms with van der Waals surface area (Å²) in [5.41, 5.74) is 0. The molecule has 5 nitrogen and oxygen atoms in total. The SMILES string of the molecule is CS(=O)(=O)NCCCNC(=O)CCCCBr. The largest absolute Gasteiger partial charge is 0.356 e. The van der Waals surface area contributed by atoms with E-state index in [2.05, 4.69) is 26.0 Å². The lowest BCUT2D eigenvalue weighted by Crippen LogP contribution is -2.29. The van der Waals surface area contributed by atoms with E-state index in [0.717, 1.165) is 24.4 Å². The molecule has 0 saturated heterocycles. The summed E-state index contributed by atoms with van der Waals surface area (Å²) in [5.74, 6) is 0.0281. The Morgan fingerprint density at radius 1 is 1.19 bits per heavy atom. The molecular formula is C9H19BrN2O3S. The molecule has 16 heavy (non-hydrogen) atoms. The molecule has 0 bridgehead atoms. The van der Waals surface area contributed by atoms with E-state index in [9.17, 15) is 13.2 Å². The predicted molar refractivity (Wildman–Crippen MR) is 68.1 cm³/mol. The number of alkyl halides is 1. The summed E-state index contributed by atoms with van der Waals surface area (Å²) in [6, 6.07) is 0. The molecule has 0 aliphatic rings. The van der Waals surface area contributed by atoms with E-state index in [0.29, 0.717) is 25.9 Å². The van der Waals surface area contributed by atoms with E-state index in [-0.39, 0.29) is 5.91 Å². The monoisotopic (exact) mass is 314 g/mol. The van der Waals surface area contributed by atoms with Crippen LogP contribution in [0.4, 0.5) is 0 Å². The van der Waals surface area contributed by atoms with Crippen molar-refractivity contribution >= 4 is 31.9 Å². The summed E-state index contributed by atoms with van der Waals surface area (Å²) >= 11 is 3.29. The van der Waals surface area contributed by atoms with Gasteiger partial charge in [-0.2, -0.15) is 0 Å². The quantitative estimate of drug-likeness (QED) is 0.483. The Balaban J connectivity index is 3.34. The Hall–Kier alpha value is -0.140. The molecule has 0 aliphatic carbocycles. The molecule has 0 saturated carbocycles. The van der Waals surface area contributed by atoms with Gasteiger partial charge in [-0.15, -0.1) is 0 Å². The van der Waals surface area contributed by atoms with Gasteiger partial charge < -0.3 is 5.32 Å². The number of hydrogen-bond acceptors (Lipinski definition) is 3. The minimum absolute atomic E-state index is 0.0281. The molecule has 7 heteroatoms. The highest BCUT2D eigenvalue weighted by molar-refractivity contribution is 9.09. The van der Waals surface area contributed by atoms with Gasteiger partial charge in [0.2, 0.25) is 15.9 Å². The third kappa shape index (κ3) is 11.9. The number of nitrogens with one attached hydrogen (secondary N) is 2. The van der Waals surface area contributed by atoms with E-state index in [1.165, 1.54) is 0 Å². The smallest absolute Gasteiger partial charge is 0.219 e. The van der Waals surface area contributed by atoms with Crippen molar-refractivity contribution in [2.75, 3.05) is 24.7 Å². The number of unbranched alkanes of at least 4 members (excludes halogenated alkanes) is 1. The minimum atomic E-state index is -3.11. The fourth-order valence-corrected chi connectivity index (χ4v) is 1.95. The number of sulfonamides is 1. The maximum absolute atomic E-state index is 11.2. The van der Waals surface area contributed by atoms with Crippen LogP contribution in [0.3, 0.4) is 0 Å². The zero-order chi connectivity index (χ0) is 12.4. The second kappa shape index (κ2) is 8.95. The van der Waals surface area contributed by atoms with Crippen molar-refractivity contribution in [3.8, 4) is 0 Å². The number of hydrogen-bond donors (Lipinski definition) is 2.